The number of benzene rings is 1. The maximum atomic E-state index is 12.0. The summed E-state index contributed by atoms with van der Waals surface area (Å²) in [5.74, 6) is 0.0788. The fourth-order valence-corrected chi connectivity index (χ4v) is 2.81. The zero-order valence-electron chi connectivity index (χ0n) is 10.9. The molecule has 2 N–H and O–H groups in total. The van der Waals surface area contributed by atoms with E-state index >= 15 is 0 Å². The van der Waals surface area contributed by atoms with E-state index in [4.69, 9.17) is 23.2 Å². The molecule has 1 heterocycles. The highest BCUT2D eigenvalue weighted by molar-refractivity contribution is 6.35. The molecule has 2 rings (SSSR count). The van der Waals surface area contributed by atoms with E-state index in [0.717, 1.165) is 24.9 Å². The van der Waals surface area contributed by atoms with Crippen LogP contribution in [0.15, 0.2) is 18.2 Å². The van der Waals surface area contributed by atoms with Crippen molar-refractivity contribution in [1.82, 2.24) is 10.6 Å². The van der Waals surface area contributed by atoms with E-state index in [-0.39, 0.29) is 18.0 Å². The first kappa shape index (κ1) is 14.6. The van der Waals surface area contributed by atoms with Crippen molar-refractivity contribution in [3.63, 3.8) is 0 Å². The van der Waals surface area contributed by atoms with Gasteiger partial charge in [0.1, 0.15) is 0 Å². The van der Waals surface area contributed by atoms with Gasteiger partial charge in [-0.3, -0.25) is 4.79 Å². The van der Waals surface area contributed by atoms with Crippen molar-refractivity contribution in [2.45, 2.75) is 38.3 Å². The van der Waals surface area contributed by atoms with Crippen LogP contribution in [0, 0.1) is 0 Å². The average Bonchev–Trinajstić information content (AvgIpc) is 2.86. The molecule has 0 radical (unpaired) electrons. The van der Waals surface area contributed by atoms with Crippen LogP contribution < -0.4 is 10.6 Å². The highest BCUT2D eigenvalue weighted by atomic mass is 35.5. The van der Waals surface area contributed by atoms with Crippen molar-refractivity contribution in [2.24, 2.45) is 0 Å². The second-order valence-corrected chi connectivity index (χ2v) is 5.84. The van der Waals surface area contributed by atoms with Gasteiger partial charge in [0.2, 0.25) is 5.91 Å². The summed E-state index contributed by atoms with van der Waals surface area (Å²) < 4.78 is 0. The van der Waals surface area contributed by atoms with Gasteiger partial charge in [0, 0.05) is 16.1 Å². The van der Waals surface area contributed by atoms with Crippen LogP contribution in [0.5, 0.6) is 0 Å². The molecule has 2 unspecified atom stereocenters. The number of halogens is 2. The van der Waals surface area contributed by atoms with Crippen LogP contribution in [0.4, 0.5) is 0 Å². The smallest absolute Gasteiger partial charge is 0.237 e. The summed E-state index contributed by atoms with van der Waals surface area (Å²) in [7, 11) is 0. The minimum Gasteiger partial charge on any atom is -0.352 e. The largest absolute Gasteiger partial charge is 0.352 e. The summed E-state index contributed by atoms with van der Waals surface area (Å²) >= 11 is 12.0. The summed E-state index contributed by atoms with van der Waals surface area (Å²) in [6, 6.07) is 5.46. The molecule has 0 saturated carbocycles. The Morgan fingerprint density at radius 2 is 2.32 bits per heavy atom. The lowest BCUT2D eigenvalue weighted by molar-refractivity contribution is -0.123. The molecule has 1 fully saturated rings. The van der Waals surface area contributed by atoms with E-state index in [9.17, 15) is 4.79 Å². The van der Waals surface area contributed by atoms with E-state index in [1.165, 1.54) is 0 Å². The molecule has 1 aromatic carbocycles. The molecule has 1 aliphatic heterocycles. The first-order valence-corrected chi connectivity index (χ1v) is 7.29. The first-order chi connectivity index (χ1) is 9.06. The van der Waals surface area contributed by atoms with Gasteiger partial charge in [-0.05, 0) is 50.4 Å². The third kappa shape index (κ3) is 4.10. The van der Waals surface area contributed by atoms with Crippen LogP contribution in [-0.2, 0) is 11.2 Å². The second-order valence-electron chi connectivity index (χ2n) is 5.00. The Labute approximate surface area is 123 Å². The van der Waals surface area contributed by atoms with Gasteiger partial charge >= 0.3 is 0 Å². The maximum Gasteiger partial charge on any atom is 0.237 e. The van der Waals surface area contributed by atoms with Crippen molar-refractivity contribution in [2.75, 3.05) is 6.54 Å². The Bertz CT molecular complexity index is 459. The maximum absolute atomic E-state index is 12.0. The van der Waals surface area contributed by atoms with Crippen molar-refractivity contribution in [1.29, 1.82) is 0 Å². The Hall–Kier alpha value is -0.770. The van der Waals surface area contributed by atoms with Crippen LogP contribution in [0.2, 0.25) is 10.0 Å². The highest BCUT2D eigenvalue weighted by Gasteiger charge is 2.23. The van der Waals surface area contributed by atoms with E-state index in [0.29, 0.717) is 16.5 Å². The topological polar surface area (TPSA) is 41.1 Å². The van der Waals surface area contributed by atoms with E-state index in [1.807, 2.05) is 19.1 Å². The Morgan fingerprint density at radius 1 is 1.53 bits per heavy atom. The van der Waals surface area contributed by atoms with Gasteiger partial charge in [0.25, 0.3) is 0 Å². The molecule has 1 saturated heterocycles. The molecule has 0 aromatic heterocycles. The standard InChI is InChI=1S/C14H18Cl2N2O/c1-9(18-14(19)13-3-2-6-17-13)7-10-4-5-11(15)8-12(10)16/h4-5,8-9,13,17H,2-3,6-7H2,1H3,(H,18,19). The van der Waals surface area contributed by atoms with Crippen LogP contribution in [0.3, 0.4) is 0 Å². The second kappa shape index (κ2) is 6.60. The minimum atomic E-state index is -0.0388. The lowest BCUT2D eigenvalue weighted by Crippen LogP contribution is -2.44. The molecule has 1 amide bonds. The van der Waals surface area contributed by atoms with E-state index in [2.05, 4.69) is 10.6 Å². The molecule has 5 heteroatoms. The molecule has 104 valence electrons. The molecular weight excluding hydrogens is 283 g/mol. The van der Waals surface area contributed by atoms with Gasteiger partial charge in [0.05, 0.1) is 6.04 Å². The van der Waals surface area contributed by atoms with Gasteiger partial charge in [0.15, 0.2) is 0 Å². The van der Waals surface area contributed by atoms with Gasteiger partial charge < -0.3 is 10.6 Å². The van der Waals surface area contributed by atoms with Crippen molar-refractivity contribution >= 4 is 29.1 Å². The fraction of sp³-hybridized carbons (Fsp3) is 0.500. The molecule has 3 nitrogen and oxygen atoms in total. The van der Waals surface area contributed by atoms with Crippen LogP contribution in [0.25, 0.3) is 0 Å². The molecule has 1 aromatic rings. The van der Waals surface area contributed by atoms with Crippen molar-refractivity contribution < 1.29 is 4.79 Å². The van der Waals surface area contributed by atoms with Crippen LogP contribution >= 0.6 is 23.2 Å². The predicted octanol–water partition coefficient (Wildman–Crippen LogP) is 2.79. The van der Waals surface area contributed by atoms with Crippen LogP contribution in [0.1, 0.15) is 25.3 Å². The molecule has 0 spiro atoms. The number of nitrogens with one attached hydrogen (secondary N) is 2. The zero-order chi connectivity index (χ0) is 13.8. The Balaban J connectivity index is 1.89. The zero-order valence-corrected chi connectivity index (χ0v) is 12.4. The number of hydrogen-bond donors (Lipinski definition) is 2. The van der Waals surface area contributed by atoms with Crippen LogP contribution in [-0.4, -0.2) is 24.5 Å². The average molecular weight is 301 g/mol. The monoisotopic (exact) mass is 300 g/mol. The number of carbonyl (C=O) groups excluding carboxylic acids is 1. The summed E-state index contributed by atoms with van der Waals surface area (Å²) in [5.41, 5.74) is 0.998. The Kier molecular flexibility index (Phi) is 5.08. The van der Waals surface area contributed by atoms with E-state index in [1.54, 1.807) is 6.07 Å². The summed E-state index contributed by atoms with van der Waals surface area (Å²) in [5, 5.41) is 7.48. The summed E-state index contributed by atoms with van der Waals surface area (Å²) in [6.45, 7) is 2.91. The highest BCUT2D eigenvalue weighted by Crippen LogP contribution is 2.22. The summed E-state index contributed by atoms with van der Waals surface area (Å²) in [6.07, 6.45) is 2.68. The third-order valence-electron chi connectivity index (χ3n) is 3.31. The molecule has 2 atom stereocenters. The third-order valence-corrected chi connectivity index (χ3v) is 3.89. The van der Waals surface area contributed by atoms with Gasteiger partial charge in [-0.15, -0.1) is 0 Å². The predicted molar refractivity (Wildman–Crippen MR) is 78.8 cm³/mol. The SMILES string of the molecule is CC(Cc1ccc(Cl)cc1Cl)NC(=O)C1CCCN1. The quantitative estimate of drug-likeness (QED) is 0.898. The van der Waals surface area contributed by atoms with Gasteiger partial charge in [-0.1, -0.05) is 29.3 Å². The molecule has 19 heavy (non-hydrogen) atoms. The molecule has 0 bridgehead atoms. The lowest BCUT2D eigenvalue weighted by atomic mass is 10.1. The normalized spacial score (nSPS) is 20.3. The van der Waals surface area contributed by atoms with Crippen molar-refractivity contribution in [3.05, 3.63) is 33.8 Å². The lowest BCUT2D eigenvalue weighted by Gasteiger charge is -2.18. The first-order valence-electron chi connectivity index (χ1n) is 6.54. The van der Waals surface area contributed by atoms with E-state index < -0.39 is 0 Å². The molecular formula is C14H18Cl2N2O. The van der Waals surface area contributed by atoms with Gasteiger partial charge in [-0.25, -0.2) is 0 Å². The number of rotatable bonds is 4. The number of hydrogen-bond acceptors (Lipinski definition) is 2. The summed E-state index contributed by atoms with van der Waals surface area (Å²) in [4.78, 5) is 12.0. The minimum absolute atomic E-state index is 0.0388. The molecule has 0 aliphatic carbocycles. The molecule has 1 aliphatic rings. The number of amides is 1. The Morgan fingerprint density at radius 3 is 2.95 bits per heavy atom. The fourth-order valence-electron chi connectivity index (χ4n) is 2.32. The number of carbonyl (C=O) groups is 1. The van der Waals surface area contributed by atoms with Crippen molar-refractivity contribution in [3.8, 4) is 0 Å². The van der Waals surface area contributed by atoms with Gasteiger partial charge in [-0.2, -0.15) is 0 Å².